The summed E-state index contributed by atoms with van der Waals surface area (Å²) in [6.07, 6.45) is 0.927. The number of hydrogen-bond acceptors (Lipinski definition) is 4. The van der Waals surface area contributed by atoms with E-state index in [0.717, 1.165) is 12.3 Å². The Kier molecular flexibility index (Phi) is 4.19. The van der Waals surface area contributed by atoms with Gasteiger partial charge in [-0.1, -0.05) is 24.4 Å². The van der Waals surface area contributed by atoms with Gasteiger partial charge < -0.3 is 5.73 Å². The fraction of sp³-hybridized carbons (Fsp3) is 0.0769. The average Bonchev–Trinajstić information content (AvgIpc) is 2.41. The standard InChI is InChI=1S/C13H12FN3O2S2/c1-8-2-3-9(13(15)20)6-11(8)21(18,19)17-12-5-4-10(14)7-16-12/h2-7H,1H3,(H2,15,20)(H,16,17). The number of nitrogens with two attached hydrogens (primary N) is 1. The number of aryl methyl sites for hydroxylation is 1. The lowest BCUT2D eigenvalue weighted by Crippen LogP contribution is -2.17. The summed E-state index contributed by atoms with van der Waals surface area (Å²) in [6.45, 7) is 1.65. The maximum absolute atomic E-state index is 12.8. The van der Waals surface area contributed by atoms with Gasteiger partial charge in [0, 0.05) is 5.56 Å². The minimum atomic E-state index is -3.86. The molecule has 0 aliphatic rings. The Bertz CT molecular complexity index is 790. The van der Waals surface area contributed by atoms with E-state index >= 15 is 0 Å². The van der Waals surface area contributed by atoms with Crippen LogP contribution in [0.1, 0.15) is 11.1 Å². The van der Waals surface area contributed by atoms with Crippen molar-refractivity contribution in [3.05, 3.63) is 53.5 Å². The number of benzene rings is 1. The molecule has 21 heavy (non-hydrogen) atoms. The quantitative estimate of drug-likeness (QED) is 0.840. The number of aromatic nitrogens is 1. The molecule has 0 bridgehead atoms. The van der Waals surface area contributed by atoms with Crippen LogP contribution in [0.3, 0.4) is 0 Å². The number of sulfonamides is 1. The Morgan fingerprint density at radius 1 is 1.33 bits per heavy atom. The van der Waals surface area contributed by atoms with Gasteiger partial charge in [0.25, 0.3) is 10.0 Å². The third-order valence-corrected chi connectivity index (χ3v) is 4.46. The second-order valence-electron chi connectivity index (χ2n) is 4.31. The third kappa shape index (κ3) is 3.53. The maximum atomic E-state index is 12.8. The molecule has 0 amide bonds. The lowest BCUT2D eigenvalue weighted by Gasteiger charge is -2.11. The van der Waals surface area contributed by atoms with Gasteiger partial charge in [0.2, 0.25) is 0 Å². The number of halogens is 1. The zero-order valence-corrected chi connectivity index (χ0v) is 12.6. The van der Waals surface area contributed by atoms with Crippen molar-refractivity contribution in [2.24, 2.45) is 5.73 Å². The molecule has 1 heterocycles. The maximum Gasteiger partial charge on any atom is 0.263 e. The molecule has 0 aliphatic heterocycles. The molecule has 2 rings (SSSR count). The number of rotatable bonds is 4. The number of nitrogens with one attached hydrogen (secondary N) is 1. The van der Waals surface area contributed by atoms with Crippen molar-refractivity contribution in [1.29, 1.82) is 0 Å². The summed E-state index contributed by atoms with van der Waals surface area (Å²) in [6, 6.07) is 7.00. The predicted octanol–water partition coefficient (Wildman–Crippen LogP) is 1.96. The fourth-order valence-corrected chi connectivity index (χ4v) is 3.08. The van der Waals surface area contributed by atoms with Gasteiger partial charge in [-0.2, -0.15) is 0 Å². The smallest absolute Gasteiger partial charge is 0.263 e. The Morgan fingerprint density at radius 2 is 2.05 bits per heavy atom. The van der Waals surface area contributed by atoms with Gasteiger partial charge in [-0.3, -0.25) is 4.72 Å². The Hall–Kier alpha value is -2.06. The van der Waals surface area contributed by atoms with Gasteiger partial charge in [-0.05, 0) is 30.7 Å². The van der Waals surface area contributed by atoms with E-state index in [9.17, 15) is 12.8 Å². The largest absolute Gasteiger partial charge is 0.389 e. The monoisotopic (exact) mass is 325 g/mol. The summed E-state index contributed by atoms with van der Waals surface area (Å²) < 4.78 is 39.8. The summed E-state index contributed by atoms with van der Waals surface area (Å²) in [4.78, 5) is 3.80. The highest BCUT2D eigenvalue weighted by Gasteiger charge is 2.18. The molecule has 0 saturated heterocycles. The van der Waals surface area contributed by atoms with Gasteiger partial charge >= 0.3 is 0 Å². The van der Waals surface area contributed by atoms with Crippen LogP contribution in [0.15, 0.2) is 41.4 Å². The molecule has 110 valence electrons. The number of pyridine rings is 1. The lowest BCUT2D eigenvalue weighted by atomic mass is 10.1. The van der Waals surface area contributed by atoms with Crippen LogP contribution in [0.5, 0.6) is 0 Å². The van der Waals surface area contributed by atoms with Crippen molar-refractivity contribution >= 4 is 33.0 Å². The summed E-state index contributed by atoms with van der Waals surface area (Å²) in [5.41, 5.74) is 6.49. The van der Waals surface area contributed by atoms with Crippen molar-refractivity contribution in [3.8, 4) is 0 Å². The van der Waals surface area contributed by atoms with E-state index in [1.54, 1.807) is 19.1 Å². The Labute approximate surface area is 127 Å². The van der Waals surface area contributed by atoms with Gasteiger partial charge in [-0.15, -0.1) is 0 Å². The topological polar surface area (TPSA) is 85.1 Å². The van der Waals surface area contributed by atoms with E-state index in [4.69, 9.17) is 18.0 Å². The van der Waals surface area contributed by atoms with Crippen LogP contribution >= 0.6 is 12.2 Å². The van der Waals surface area contributed by atoms with Crippen LogP contribution in [0.2, 0.25) is 0 Å². The SMILES string of the molecule is Cc1ccc(C(N)=S)cc1S(=O)(=O)Nc1ccc(F)cn1. The first kappa shape index (κ1) is 15.3. The summed E-state index contributed by atoms with van der Waals surface area (Å²) in [5, 5.41) is 0. The van der Waals surface area contributed by atoms with Crippen LogP contribution in [0, 0.1) is 12.7 Å². The van der Waals surface area contributed by atoms with Crippen molar-refractivity contribution in [2.45, 2.75) is 11.8 Å². The molecular weight excluding hydrogens is 313 g/mol. The zero-order valence-electron chi connectivity index (χ0n) is 11.0. The highest BCUT2D eigenvalue weighted by Crippen LogP contribution is 2.20. The summed E-state index contributed by atoms with van der Waals surface area (Å²) >= 11 is 4.84. The Balaban J connectivity index is 2.41. The average molecular weight is 325 g/mol. The third-order valence-electron chi connectivity index (χ3n) is 2.73. The molecule has 0 atom stereocenters. The summed E-state index contributed by atoms with van der Waals surface area (Å²) in [5.74, 6) is -0.527. The molecule has 0 fully saturated rings. The normalized spacial score (nSPS) is 11.1. The van der Waals surface area contributed by atoms with E-state index in [2.05, 4.69) is 9.71 Å². The lowest BCUT2D eigenvalue weighted by molar-refractivity contribution is 0.600. The van der Waals surface area contributed by atoms with E-state index in [1.807, 2.05) is 0 Å². The molecular formula is C13H12FN3O2S2. The van der Waals surface area contributed by atoms with E-state index in [-0.39, 0.29) is 15.7 Å². The van der Waals surface area contributed by atoms with Crippen LogP contribution < -0.4 is 10.5 Å². The molecule has 0 unspecified atom stereocenters. The highest BCUT2D eigenvalue weighted by molar-refractivity contribution is 7.92. The van der Waals surface area contributed by atoms with E-state index < -0.39 is 15.8 Å². The van der Waals surface area contributed by atoms with Gasteiger partial charge in [0.15, 0.2) is 0 Å². The second kappa shape index (κ2) is 5.74. The molecule has 0 saturated carbocycles. The van der Waals surface area contributed by atoms with Gasteiger partial charge in [0.05, 0.1) is 11.1 Å². The zero-order chi connectivity index (χ0) is 15.6. The number of thiocarbonyl (C=S) groups is 1. The van der Waals surface area contributed by atoms with Gasteiger partial charge in [-0.25, -0.2) is 17.8 Å². The van der Waals surface area contributed by atoms with E-state index in [0.29, 0.717) is 11.1 Å². The van der Waals surface area contributed by atoms with Crippen molar-refractivity contribution in [1.82, 2.24) is 4.98 Å². The molecule has 8 heteroatoms. The second-order valence-corrected chi connectivity index (χ2v) is 6.40. The molecule has 0 spiro atoms. The molecule has 3 N–H and O–H groups in total. The first-order valence-electron chi connectivity index (χ1n) is 5.84. The Morgan fingerprint density at radius 3 is 2.62 bits per heavy atom. The van der Waals surface area contributed by atoms with E-state index in [1.165, 1.54) is 12.1 Å². The number of nitrogens with zero attached hydrogens (tertiary/aromatic N) is 1. The molecule has 1 aromatic heterocycles. The minimum Gasteiger partial charge on any atom is -0.389 e. The van der Waals surface area contributed by atoms with Crippen molar-refractivity contribution < 1.29 is 12.8 Å². The minimum absolute atomic E-state index is 0.0246. The highest BCUT2D eigenvalue weighted by atomic mass is 32.2. The molecule has 2 aromatic rings. The fourth-order valence-electron chi connectivity index (χ4n) is 1.67. The van der Waals surface area contributed by atoms with Gasteiger partial charge in [0.1, 0.15) is 16.6 Å². The molecule has 0 aliphatic carbocycles. The molecule has 0 radical (unpaired) electrons. The first-order chi connectivity index (χ1) is 9.79. The van der Waals surface area contributed by atoms with Crippen LogP contribution in [0.4, 0.5) is 10.2 Å². The first-order valence-corrected chi connectivity index (χ1v) is 7.73. The van der Waals surface area contributed by atoms with Crippen LogP contribution in [0.25, 0.3) is 0 Å². The van der Waals surface area contributed by atoms with Crippen LogP contribution in [-0.4, -0.2) is 18.4 Å². The number of hydrogen-bond donors (Lipinski definition) is 2. The molecule has 1 aromatic carbocycles. The summed E-state index contributed by atoms with van der Waals surface area (Å²) in [7, 11) is -3.86. The van der Waals surface area contributed by atoms with Crippen LogP contribution in [-0.2, 0) is 10.0 Å². The van der Waals surface area contributed by atoms with Crippen molar-refractivity contribution in [2.75, 3.05) is 4.72 Å². The predicted molar refractivity (Wildman–Crippen MR) is 82.1 cm³/mol. The number of anilines is 1. The van der Waals surface area contributed by atoms with Crippen molar-refractivity contribution in [3.63, 3.8) is 0 Å². The molecule has 5 nitrogen and oxygen atoms in total.